The summed E-state index contributed by atoms with van der Waals surface area (Å²) >= 11 is 0. The van der Waals surface area contributed by atoms with Crippen LogP contribution in [-0.4, -0.2) is 21.0 Å². The first-order valence-corrected chi connectivity index (χ1v) is 9.62. The summed E-state index contributed by atoms with van der Waals surface area (Å²) in [6.07, 6.45) is 1.32. The summed E-state index contributed by atoms with van der Waals surface area (Å²) in [5.74, 6) is -0.482. The fraction of sp³-hybridized carbons (Fsp3) is 0.125. The minimum atomic E-state index is -0.433. The third-order valence-electron chi connectivity index (χ3n) is 4.73. The highest BCUT2D eigenvalue weighted by Crippen LogP contribution is 2.19. The van der Waals surface area contributed by atoms with Gasteiger partial charge in [0.2, 0.25) is 5.88 Å². The topological polar surface area (TPSA) is 84.3 Å². The van der Waals surface area contributed by atoms with E-state index in [1.807, 2.05) is 72.8 Å². The number of carbonyl (C=O) groups is 1. The molecule has 0 aliphatic carbocycles. The predicted octanol–water partition coefficient (Wildman–Crippen LogP) is 3.98. The first kappa shape index (κ1) is 19.5. The van der Waals surface area contributed by atoms with Crippen LogP contribution in [0.25, 0.3) is 10.8 Å². The largest absolute Gasteiger partial charge is 0.493 e. The number of hydrogen-bond acceptors (Lipinski definition) is 5. The molecule has 0 spiro atoms. The summed E-state index contributed by atoms with van der Waals surface area (Å²) < 4.78 is 5.57. The number of benzene rings is 3. The molecule has 2 N–H and O–H groups in total. The van der Waals surface area contributed by atoms with Crippen molar-refractivity contribution >= 4 is 16.7 Å². The van der Waals surface area contributed by atoms with Crippen LogP contribution in [0.2, 0.25) is 0 Å². The summed E-state index contributed by atoms with van der Waals surface area (Å²) in [5, 5.41) is 15.2. The van der Waals surface area contributed by atoms with Gasteiger partial charge in [0, 0.05) is 12.7 Å². The van der Waals surface area contributed by atoms with Crippen molar-refractivity contribution in [2.24, 2.45) is 0 Å². The molecule has 0 aliphatic rings. The molecule has 4 rings (SSSR count). The lowest BCUT2D eigenvalue weighted by molar-refractivity contribution is 0.0941. The Morgan fingerprint density at radius 2 is 1.70 bits per heavy atom. The Morgan fingerprint density at radius 3 is 2.53 bits per heavy atom. The number of hydrogen-bond donors (Lipinski definition) is 2. The first-order valence-electron chi connectivity index (χ1n) is 9.62. The van der Waals surface area contributed by atoms with Crippen molar-refractivity contribution in [3.05, 3.63) is 102 Å². The number of nitrogens with zero attached hydrogens (tertiary/aromatic N) is 2. The molecule has 0 unspecified atom stereocenters. The summed E-state index contributed by atoms with van der Waals surface area (Å²) in [6, 6.07) is 23.7. The Bertz CT molecular complexity index is 1160. The first-order chi connectivity index (χ1) is 14.7. The number of aromatic nitrogens is 2. The van der Waals surface area contributed by atoms with Crippen LogP contribution in [0.4, 0.5) is 0 Å². The van der Waals surface area contributed by atoms with Gasteiger partial charge in [0.15, 0.2) is 5.82 Å². The quantitative estimate of drug-likeness (QED) is 0.491. The summed E-state index contributed by atoms with van der Waals surface area (Å²) in [7, 11) is 0. The van der Waals surface area contributed by atoms with Crippen LogP contribution in [0.15, 0.2) is 79.0 Å². The molecule has 4 aromatic rings. The third-order valence-corrected chi connectivity index (χ3v) is 4.73. The van der Waals surface area contributed by atoms with Gasteiger partial charge in [-0.2, -0.15) is 4.98 Å². The molecule has 0 bridgehead atoms. The van der Waals surface area contributed by atoms with Gasteiger partial charge in [-0.15, -0.1) is 0 Å². The fourth-order valence-corrected chi connectivity index (χ4v) is 3.19. The lowest BCUT2D eigenvalue weighted by Crippen LogP contribution is -2.23. The maximum absolute atomic E-state index is 12.5. The van der Waals surface area contributed by atoms with Gasteiger partial charge < -0.3 is 15.2 Å². The van der Waals surface area contributed by atoms with Crippen molar-refractivity contribution in [3.8, 4) is 5.88 Å². The smallest absolute Gasteiger partial charge is 0.258 e. The van der Waals surface area contributed by atoms with E-state index in [0.717, 1.165) is 21.9 Å². The molecule has 0 atom stereocenters. The molecule has 0 saturated heterocycles. The second-order valence-electron chi connectivity index (χ2n) is 6.82. The van der Waals surface area contributed by atoms with Gasteiger partial charge in [-0.1, -0.05) is 72.8 Å². The van der Waals surface area contributed by atoms with Crippen LogP contribution in [0, 0.1) is 0 Å². The van der Waals surface area contributed by atoms with Gasteiger partial charge in [0.25, 0.3) is 5.91 Å². The Hall–Kier alpha value is -3.77. The average Bonchev–Trinajstić information content (AvgIpc) is 2.78. The zero-order chi connectivity index (χ0) is 20.8. The number of carbonyl (C=O) groups excluding carboxylic acids is 1. The van der Waals surface area contributed by atoms with Crippen LogP contribution < -0.4 is 5.32 Å². The van der Waals surface area contributed by atoms with Crippen LogP contribution in [0.3, 0.4) is 0 Å². The van der Waals surface area contributed by atoms with Crippen molar-refractivity contribution in [3.63, 3.8) is 0 Å². The van der Waals surface area contributed by atoms with Crippen LogP contribution >= 0.6 is 0 Å². The number of fused-ring (bicyclic) bond motifs is 1. The van der Waals surface area contributed by atoms with E-state index in [9.17, 15) is 9.90 Å². The molecule has 3 aromatic carbocycles. The monoisotopic (exact) mass is 399 g/mol. The maximum atomic E-state index is 12.5. The van der Waals surface area contributed by atoms with E-state index in [1.165, 1.54) is 6.20 Å². The number of aromatic hydroxyl groups is 1. The summed E-state index contributed by atoms with van der Waals surface area (Å²) in [6.45, 7) is 0.889. The highest BCUT2D eigenvalue weighted by molar-refractivity contribution is 5.96. The van der Waals surface area contributed by atoms with Gasteiger partial charge in [-0.3, -0.25) is 4.79 Å². The second kappa shape index (κ2) is 9.15. The molecule has 6 nitrogen and oxygen atoms in total. The highest BCUT2D eigenvalue weighted by Gasteiger charge is 2.14. The molecule has 150 valence electrons. The molecular formula is C24H21N3O3. The van der Waals surface area contributed by atoms with Crippen LogP contribution in [0.1, 0.15) is 27.3 Å². The lowest BCUT2D eigenvalue weighted by atomic mass is 10.0. The molecule has 6 heteroatoms. The molecule has 0 fully saturated rings. The minimum absolute atomic E-state index is 0.0297. The van der Waals surface area contributed by atoms with Crippen molar-refractivity contribution in [2.75, 3.05) is 0 Å². The van der Waals surface area contributed by atoms with E-state index >= 15 is 0 Å². The zero-order valence-electron chi connectivity index (χ0n) is 16.3. The van der Waals surface area contributed by atoms with E-state index < -0.39 is 5.91 Å². The van der Waals surface area contributed by atoms with E-state index in [4.69, 9.17) is 4.74 Å². The molecule has 30 heavy (non-hydrogen) atoms. The van der Waals surface area contributed by atoms with E-state index in [2.05, 4.69) is 15.3 Å². The van der Waals surface area contributed by atoms with Gasteiger partial charge >= 0.3 is 0 Å². The normalized spacial score (nSPS) is 10.8. The Labute approximate surface area is 174 Å². The second-order valence-corrected chi connectivity index (χ2v) is 6.82. The standard InChI is InChI=1S/C24H21N3O3/c28-23(26-13-19-11-6-10-18-9-4-5-12-20(18)19)21-14-25-22(27-24(21)29)16-30-15-17-7-2-1-3-8-17/h1-12,14H,13,15-16H2,(H,26,28)(H,25,27,29). The maximum Gasteiger partial charge on any atom is 0.258 e. The van der Waals surface area contributed by atoms with E-state index in [0.29, 0.717) is 19.0 Å². The van der Waals surface area contributed by atoms with Crippen LogP contribution in [0.5, 0.6) is 5.88 Å². The van der Waals surface area contributed by atoms with E-state index in [-0.39, 0.29) is 18.1 Å². The number of amides is 1. The number of ether oxygens (including phenoxy) is 1. The molecule has 1 amide bonds. The lowest BCUT2D eigenvalue weighted by Gasteiger charge is -2.10. The van der Waals surface area contributed by atoms with E-state index in [1.54, 1.807) is 0 Å². The Balaban J connectivity index is 1.37. The number of rotatable bonds is 7. The third kappa shape index (κ3) is 4.61. The predicted molar refractivity (Wildman–Crippen MR) is 114 cm³/mol. The van der Waals surface area contributed by atoms with Gasteiger partial charge in [-0.05, 0) is 21.9 Å². The molecule has 0 saturated carbocycles. The number of nitrogens with one attached hydrogen (secondary N) is 1. The summed E-state index contributed by atoms with van der Waals surface area (Å²) in [4.78, 5) is 20.6. The van der Waals surface area contributed by atoms with Crippen molar-refractivity contribution < 1.29 is 14.6 Å². The highest BCUT2D eigenvalue weighted by atomic mass is 16.5. The zero-order valence-corrected chi connectivity index (χ0v) is 16.3. The SMILES string of the molecule is O=C(NCc1cccc2ccccc12)c1cnc(COCc2ccccc2)nc1O. The van der Waals surface area contributed by atoms with Gasteiger partial charge in [0.1, 0.15) is 12.2 Å². The molecule has 0 radical (unpaired) electrons. The van der Waals surface area contributed by atoms with Crippen LogP contribution in [-0.2, 0) is 24.5 Å². The minimum Gasteiger partial charge on any atom is -0.493 e. The summed E-state index contributed by atoms with van der Waals surface area (Å²) in [5.41, 5.74) is 2.06. The Morgan fingerprint density at radius 1 is 0.933 bits per heavy atom. The van der Waals surface area contributed by atoms with Gasteiger partial charge in [0.05, 0.1) is 6.61 Å². The van der Waals surface area contributed by atoms with Crippen molar-refractivity contribution in [1.82, 2.24) is 15.3 Å². The molecule has 1 heterocycles. The average molecular weight is 399 g/mol. The van der Waals surface area contributed by atoms with Crippen molar-refractivity contribution in [2.45, 2.75) is 19.8 Å². The van der Waals surface area contributed by atoms with Crippen molar-refractivity contribution in [1.29, 1.82) is 0 Å². The molecule has 1 aromatic heterocycles. The van der Waals surface area contributed by atoms with Gasteiger partial charge in [-0.25, -0.2) is 4.98 Å². The Kier molecular flexibility index (Phi) is 5.96. The molecule has 0 aliphatic heterocycles. The molecular weight excluding hydrogens is 378 g/mol. The fourth-order valence-electron chi connectivity index (χ4n) is 3.19.